The van der Waals surface area contributed by atoms with E-state index in [1.165, 1.54) is 44.9 Å². The molecule has 0 rings (SSSR count). The van der Waals surface area contributed by atoms with Crippen LogP contribution >= 0.6 is 0 Å². The van der Waals surface area contributed by atoms with Gasteiger partial charge < -0.3 is 60.6 Å². The van der Waals surface area contributed by atoms with Crippen LogP contribution in [0, 0.1) is 11.8 Å². The number of carboxylic acid groups (broad SMARTS) is 4. The Hall–Kier alpha value is -5.39. The molecule has 23 heteroatoms. The highest BCUT2D eigenvalue weighted by Crippen LogP contribution is 2.16. The summed E-state index contributed by atoms with van der Waals surface area (Å²) in [6.07, 6.45) is 19.5. The molecule has 8 N–H and O–H groups in total. The zero-order chi connectivity index (χ0) is 60.9. The molecule has 0 saturated heterocycles. The van der Waals surface area contributed by atoms with E-state index in [2.05, 4.69) is 21.3 Å². The Morgan fingerprint density at radius 1 is 0.407 bits per heavy atom. The van der Waals surface area contributed by atoms with E-state index in [0.717, 1.165) is 64.2 Å². The Bertz CT molecular complexity index is 1780. The number of carbonyl (C=O) groups is 11. The van der Waals surface area contributed by atoms with Crippen molar-refractivity contribution in [1.82, 2.24) is 21.3 Å². The van der Waals surface area contributed by atoms with Crippen molar-refractivity contribution >= 4 is 64.9 Å². The zero-order valence-electron chi connectivity index (χ0n) is 49.3. The van der Waals surface area contributed by atoms with E-state index in [1.54, 1.807) is 21.0 Å². The van der Waals surface area contributed by atoms with E-state index < -0.39 is 53.6 Å². The molecule has 0 radical (unpaired) electrons. The van der Waals surface area contributed by atoms with E-state index in [1.807, 2.05) is 6.92 Å². The molecular weight excluding hydrogens is 1060 g/mol. The summed E-state index contributed by atoms with van der Waals surface area (Å²) in [6.45, 7) is 7.71. The van der Waals surface area contributed by atoms with Crippen molar-refractivity contribution in [2.45, 2.75) is 225 Å². The zero-order valence-corrected chi connectivity index (χ0v) is 49.3. The lowest BCUT2D eigenvalue weighted by atomic mass is 9.95. The molecule has 0 saturated carbocycles. The summed E-state index contributed by atoms with van der Waals surface area (Å²) >= 11 is 0. The molecule has 468 valence electrons. The second-order valence-electron chi connectivity index (χ2n) is 20.3. The van der Waals surface area contributed by atoms with E-state index in [9.17, 15) is 68.1 Å². The normalized spacial score (nSPS) is 12.4. The van der Waals surface area contributed by atoms with Crippen molar-refractivity contribution in [2.75, 3.05) is 66.4 Å². The second kappa shape index (κ2) is 53.9. The Labute approximate surface area is 480 Å². The fourth-order valence-corrected chi connectivity index (χ4v) is 8.32. The molecule has 0 unspecified atom stereocenters. The van der Waals surface area contributed by atoms with Gasteiger partial charge in [-0.15, -0.1) is 0 Å². The van der Waals surface area contributed by atoms with Crippen molar-refractivity contribution in [1.29, 1.82) is 0 Å². The standard InChI is InChI=1S/C29H49N3O11.C29H53NO8/c1-4-21(20(3)33)8-6-7-13-30-26(36)12-10-24(29(40)41)32-27(37)11-9-22(28(38)39)18-23(34)19-43-17-16-42-15-14-31-25(35)5-2;1-37-23-24-38-22-16-17-25(31)20-21-26(29(35)36)30-27(32)18-14-12-10-8-6-4-2-3-5-7-9-11-13-15-19-28(33)34/h21-22,24H,4-19H2,1-3H3,(H,30,36)(H,31,35)(H,32,37)(H,38,39)(H,40,41);26H,2-24H2,1H3,(H,30,32)(H,33,34)(H,35,36)/t21-,22+,24-;26-/m00/s1. The molecule has 0 aliphatic heterocycles. The van der Waals surface area contributed by atoms with Gasteiger partial charge in [-0.25, -0.2) is 9.59 Å². The van der Waals surface area contributed by atoms with E-state index >= 15 is 0 Å². The van der Waals surface area contributed by atoms with E-state index in [0.29, 0.717) is 65.0 Å². The minimum atomic E-state index is -1.33. The Kier molecular flexibility index (Phi) is 51.7. The van der Waals surface area contributed by atoms with Crippen molar-refractivity contribution < 1.29 is 92.1 Å². The topological polar surface area (TPSA) is 354 Å². The van der Waals surface area contributed by atoms with Crippen LogP contribution in [0.1, 0.15) is 213 Å². The van der Waals surface area contributed by atoms with E-state index in [-0.39, 0.29) is 113 Å². The van der Waals surface area contributed by atoms with Gasteiger partial charge in [0.1, 0.15) is 30.3 Å². The van der Waals surface area contributed by atoms with Gasteiger partial charge in [-0.1, -0.05) is 97.3 Å². The number of ketones is 3. The summed E-state index contributed by atoms with van der Waals surface area (Å²) in [5.41, 5.74) is 0. The van der Waals surface area contributed by atoms with Crippen LogP contribution in [0.2, 0.25) is 0 Å². The summed E-state index contributed by atoms with van der Waals surface area (Å²) in [7, 11) is 1.59. The Morgan fingerprint density at radius 2 is 0.901 bits per heavy atom. The fourth-order valence-electron chi connectivity index (χ4n) is 8.32. The van der Waals surface area contributed by atoms with Crippen LogP contribution in [-0.2, 0) is 71.7 Å². The molecule has 4 atom stereocenters. The molecule has 0 heterocycles. The number of hydrogen-bond donors (Lipinski definition) is 8. The van der Waals surface area contributed by atoms with Crippen LogP contribution < -0.4 is 21.3 Å². The largest absolute Gasteiger partial charge is 0.481 e. The first-order chi connectivity index (χ1) is 38.8. The molecule has 0 aliphatic rings. The molecule has 0 aromatic carbocycles. The van der Waals surface area contributed by atoms with Gasteiger partial charge in [-0.3, -0.25) is 43.2 Å². The van der Waals surface area contributed by atoms with Crippen LogP contribution in [-0.4, -0.2) is 164 Å². The van der Waals surface area contributed by atoms with Crippen LogP contribution in [0.25, 0.3) is 0 Å². The first-order valence-corrected chi connectivity index (χ1v) is 29.6. The Morgan fingerprint density at radius 3 is 1.42 bits per heavy atom. The number of aliphatic carboxylic acids is 4. The van der Waals surface area contributed by atoms with Crippen molar-refractivity contribution in [2.24, 2.45) is 11.8 Å². The number of ether oxygens (including phenoxy) is 4. The van der Waals surface area contributed by atoms with Crippen LogP contribution in [0.5, 0.6) is 0 Å². The quantitative estimate of drug-likeness (QED) is 0.0287. The average molecular weight is 1160 g/mol. The lowest BCUT2D eigenvalue weighted by Crippen LogP contribution is -2.42. The molecule has 0 spiro atoms. The SMILES string of the molecule is CCC(=O)NCCOCCOCC(=O)C[C@@H](CCC(=O)N[C@@H](CCC(=O)NCCCC[C@H](CC)C(C)=O)C(=O)O)C(=O)O.COCCOCCCC(=O)CC[C@H](NC(=O)CCCCCCCCCCCCCCCCC(=O)O)C(=O)O. The van der Waals surface area contributed by atoms with Crippen molar-refractivity contribution in [3.8, 4) is 0 Å². The number of carbonyl (C=O) groups excluding carboxylic acids is 7. The molecule has 0 aromatic heterocycles. The molecule has 23 nitrogen and oxygen atoms in total. The number of Topliss-reactive ketones (excluding diaryl/α,β-unsaturated/α-hetero) is 3. The number of amides is 4. The van der Waals surface area contributed by atoms with Gasteiger partial charge in [0, 0.05) is 84.1 Å². The van der Waals surface area contributed by atoms with Crippen LogP contribution in [0.15, 0.2) is 0 Å². The first-order valence-electron chi connectivity index (χ1n) is 29.6. The lowest BCUT2D eigenvalue weighted by Gasteiger charge is -2.16. The number of hydrogen-bond acceptors (Lipinski definition) is 15. The van der Waals surface area contributed by atoms with Gasteiger partial charge in [-0.05, 0) is 64.7 Å². The maximum atomic E-state index is 12.3. The molecule has 0 bridgehead atoms. The van der Waals surface area contributed by atoms with Crippen molar-refractivity contribution in [3.63, 3.8) is 0 Å². The number of rotatable bonds is 56. The summed E-state index contributed by atoms with van der Waals surface area (Å²) in [4.78, 5) is 128. The molecule has 4 amide bonds. The monoisotopic (exact) mass is 1160 g/mol. The smallest absolute Gasteiger partial charge is 0.326 e. The first kappa shape index (κ1) is 77.7. The minimum Gasteiger partial charge on any atom is -0.481 e. The van der Waals surface area contributed by atoms with Gasteiger partial charge in [0.25, 0.3) is 0 Å². The number of carboxylic acids is 4. The van der Waals surface area contributed by atoms with Gasteiger partial charge in [0.05, 0.1) is 39.0 Å². The summed E-state index contributed by atoms with van der Waals surface area (Å²) in [5.74, 6) is -7.30. The van der Waals surface area contributed by atoms with Gasteiger partial charge in [0.2, 0.25) is 23.6 Å². The highest BCUT2D eigenvalue weighted by atomic mass is 16.5. The third kappa shape index (κ3) is 51.2. The highest BCUT2D eigenvalue weighted by Gasteiger charge is 2.26. The number of nitrogens with one attached hydrogen (secondary N) is 4. The minimum absolute atomic E-state index is 0.0191. The highest BCUT2D eigenvalue weighted by molar-refractivity contribution is 5.87. The molecule has 0 fully saturated rings. The Balaban J connectivity index is 0. The van der Waals surface area contributed by atoms with Crippen molar-refractivity contribution in [3.05, 3.63) is 0 Å². The van der Waals surface area contributed by atoms with Gasteiger partial charge in [0.15, 0.2) is 5.78 Å². The maximum Gasteiger partial charge on any atom is 0.326 e. The number of unbranched alkanes of at least 4 members (excludes halogenated alkanes) is 14. The van der Waals surface area contributed by atoms with Crippen LogP contribution in [0.4, 0.5) is 0 Å². The molecule has 0 aliphatic carbocycles. The summed E-state index contributed by atoms with van der Waals surface area (Å²) < 4.78 is 20.6. The maximum absolute atomic E-state index is 12.3. The summed E-state index contributed by atoms with van der Waals surface area (Å²) in [5, 5.41) is 47.1. The lowest BCUT2D eigenvalue weighted by molar-refractivity contribution is -0.145. The molecular formula is C58H102N4O19. The number of methoxy groups -OCH3 is 1. The predicted octanol–water partition coefficient (Wildman–Crippen LogP) is 6.91. The third-order valence-corrected chi connectivity index (χ3v) is 13.3. The van der Waals surface area contributed by atoms with E-state index in [4.69, 9.17) is 24.1 Å². The second-order valence-corrected chi connectivity index (χ2v) is 20.3. The average Bonchev–Trinajstić information content (AvgIpc) is 3.41. The third-order valence-electron chi connectivity index (χ3n) is 13.3. The molecule has 0 aromatic rings. The summed E-state index contributed by atoms with van der Waals surface area (Å²) in [6, 6.07) is -2.36. The van der Waals surface area contributed by atoms with Gasteiger partial charge in [-0.2, -0.15) is 0 Å². The van der Waals surface area contributed by atoms with Crippen LogP contribution in [0.3, 0.4) is 0 Å². The van der Waals surface area contributed by atoms with Gasteiger partial charge >= 0.3 is 23.9 Å². The fraction of sp³-hybridized carbons (Fsp3) is 0.810. The molecule has 81 heavy (non-hydrogen) atoms. The predicted molar refractivity (Wildman–Crippen MR) is 302 cm³/mol.